The molecule has 24 heavy (non-hydrogen) atoms. The van der Waals surface area contributed by atoms with E-state index in [0.29, 0.717) is 18.7 Å². The molecule has 2 aromatic carbocycles. The minimum atomic E-state index is -0.692. The van der Waals surface area contributed by atoms with Crippen molar-refractivity contribution in [3.63, 3.8) is 0 Å². The molecular weight excluding hydrogens is 327 g/mol. The maximum Gasteiger partial charge on any atom is 0.260 e. The van der Waals surface area contributed by atoms with Crippen LogP contribution in [0.5, 0.6) is 5.75 Å². The van der Waals surface area contributed by atoms with Crippen molar-refractivity contribution < 1.29 is 13.9 Å². The minimum Gasteiger partial charge on any atom is -0.481 e. The van der Waals surface area contributed by atoms with Gasteiger partial charge >= 0.3 is 0 Å². The number of hydrogen-bond acceptors (Lipinski definition) is 4. The van der Waals surface area contributed by atoms with Crippen molar-refractivity contribution in [2.75, 3.05) is 6.54 Å². The average Bonchev–Trinajstić information content (AvgIpc) is 2.97. The Labute approximate surface area is 143 Å². The van der Waals surface area contributed by atoms with Gasteiger partial charge in [0.15, 0.2) is 6.10 Å². The highest BCUT2D eigenvalue weighted by Gasteiger charge is 2.14. The number of ether oxygens (including phenoxy) is 1. The molecule has 1 heterocycles. The summed E-state index contributed by atoms with van der Waals surface area (Å²) in [5, 5.41) is 3.80. The second kappa shape index (κ2) is 7.40. The molecule has 0 aliphatic rings. The van der Waals surface area contributed by atoms with Crippen LogP contribution in [0.4, 0.5) is 4.39 Å². The molecule has 1 aromatic heterocycles. The molecule has 1 atom stereocenters. The van der Waals surface area contributed by atoms with Gasteiger partial charge in [-0.3, -0.25) is 4.79 Å². The van der Waals surface area contributed by atoms with Gasteiger partial charge in [-0.15, -0.1) is 11.3 Å². The molecule has 0 saturated heterocycles. The summed E-state index contributed by atoms with van der Waals surface area (Å²) in [6.07, 6.45) is -0.0280. The van der Waals surface area contributed by atoms with Gasteiger partial charge in [-0.05, 0) is 31.2 Å². The number of fused-ring (bicyclic) bond motifs is 1. The molecule has 1 N–H and O–H groups in total. The van der Waals surface area contributed by atoms with Crippen molar-refractivity contribution in [3.8, 4) is 5.75 Å². The summed E-state index contributed by atoms with van der Waals surface area (Å²) in [4.78, 5) is 16.6. The van der Waals surface area contributed by atoms with Crippen LogP contribution in [-0.4, -0.2) is 23.5 Å². The van der Waals surface area contributed by atoms with Gasteiger partial charge < -0.3 is 10.1 Å². The molecule has 0 spiro atoms. The van der Waals surface area contributed by atoms with Crippen LogP contribution in [0.3, 0.4) is 0 Å². The molecule has 0 aliphatic heterocycles. The lowest BCUT2D eigenvalue weighted by molar-refractivity contribution is -0.127. The van der Waals surface area contributed by atoms with Crippen LogP contribution < -0.4 is 10.1 Å². The van der Waals surface area contributed by atoms with Crippen molar-refractivity contribution in [2.45, 2.75) is 19.4 Å². The number of nitrogens with one attached hydrogen (secondary N) is 1. The van der Waals surface area contributed by atoms with E-state index in [1.54, 1.807) is 30.4 Å². The standard InChI is InChI=1S/C18H17FN2O2S/c1-12(23-14-6-4-5-13(19)11-14)18(22)20-10-9-17-21-15-7-2-3-8-16(15)24-17/h2-8,11-12H,9-10H2,1H3,(H,20,22). The van der Waals surface area contributed by atoms with Crippen molar-refractivity contribution >= 4 is 27.5 Å². The molecule has 1 unspecified atom stereocenters. The summed E-state index contributed by atoms with van der Waals surface area (Å²) in [6.45, 7) is 2.12. The van der Waals surface area contributed by atoms with Crippen LogP contribution >= 0.6 is 11.3 Å². The third-order valence-corrected chi connectivity index (χ3v) is 4.55. The van der Waals surface area contributed by atoms with Crippen LogP contribution in [0.25, 0.3) is 10.2 Å². The molecule has 3 aromatic rings. The number of rotatable bonds is 6. The van der Waals surface area contributed by atoms with E-state index < -0.39 is 11.9 Å². The van der Waals surface area contributed by atoms with Crippen LogP contribution in [0.2, 0.25) is 0 Å². The average molecular weight is 344 g/mol. The van der Waals surface area contributed by atoms with E-state index in [-0.39, 0.29) is 5.91 Å². The molecule has 4 nitrogen and oxygen atoms in total. The molecule has 124 valence electrons. The number of nitrogens with zero attached hydrogens (tertiary/aromatic N) is 1. The predicted molar refractivity (Wildman–Crippen MR) is 92.8 cm³/mol. The Morgan fingerprint density at radius 3 is 2.92 bits per heavy atom. The molecular formula is C18H17FN2O2S. The van der Waals surface area contributed by atoms with E-state index in [1.165, 1.54) is 12.1 Å². The zero-order chi connectivity index (χ0) is 16.9. The largest absolute Gasteiger partial charge is 0.481 e. The highest BCUT2D eigenvalue weighted by atomic mass is 32.1. The molecule has 0 radical (unpaired) electrons. The van der Waals surface area contributed by atoms with E-state index in [9.17, 15) is 9.18 Å². The Hall–Kier alpha value is -2.47. The van der Waals surface area contributed by atoms with Gasteiger partial charge in [0.1, 0.15) is 11.6 Å². The SMILES string of the molecule is CC(Oc1cccc(F)c1)C(=O)NCCc1nc2ccccc2s1. The number of carbonyl (C=O) groups excluding carboxylic acids is 1. The Kier molecular flexibility index (Phi) is 5.05. The number of thiazole rings is 1. The summed E-state index contributed by atoms with van der Waals surface area (Å²) < 4.78 is 19.7. The van der Waals surface area contributed by atoms with Crippen LogP contribution in [-0.2, 0) is 11.2 Å². The third kappa shape index (κ3) is 4.08. The highest BCUT2D eigenvalue weighted by molar-refractivity contribution is 7.18. The molecule has 1 amide bonds. The Morgan fingerprint density at radius 1 is 1.29 bits per heavy atom. The zero-order valence-corrected chi connectivity index (χ0v) is 14.0. The van der Waals surface area contributed by atoms with E-state index in [2.05, 4.69) is 10.3 Å². The van der Waals surface area contributed by atoms with Crippen molar-refractivity contribution in [3.05, 3.63) is 59.4 Å². The first-order valence-corrected chi connectivity index (χ1v) is 8.48. The van der Waals surface area contributed by atoms with Gasteiger partial charge in [0.05, 0.1) is 15.2 Å². The van der Waals surface area contributed by atoms with E-state index in [1.807, 2.05) is 24.3 Å². The molecule has 0 aliphatic carbocycles. The van der Waals surface area contributed by atoms with E-state index in [4.69, 9.17) is 4.74 Å². The second-order valence-electron chi connectivity index (χ2n) is 5.33. The molecule has 3 rings (SSSR count). The summed E-state index contributed by atoms with van der Waals surface area (Å²) in [7, 11) is 0. The highest BCUT2D eigenvalue weighted by Crippen LogP contribution is 2.21. The summed E-state index contributed by atoms with van der Waals surface area (Å²) in [5.74, 6) is -0.292. The lowest BCUT2D eigenvalue weighted by Gasteiger charge is -2.14. The molecule has 0 fully saturated rings. The molecule has 0 bridgehead atoms. The lowest BCUT2D eigenvalue weighted by atomic mass is 10.3. The first-order valence-electron chi connectivity index (χ1n) is 7.66. The first-order chi connectivity index (χ1) is 11.6. The zero-order valence-electron chi connectivity index (χ0n) is 13.2. The van der Waals surface area contributed by atoms with E-state index in [0.717, 1.165) is 15.2 Å². The van der Waals surface area contributed by atoms with Crippen LogP contribution in [0, 0.1) is 5.82 Å². The van der Waals surface area contributed by atoms with Gasteiger partial charge in [0.25, 0.3) is 5.91 Å². The van der Waals surface area contributed by atoms with Crippen LogP contribution in [0.1, 0.15) is 11.9 Å². The minimum absolute atomic E-state index is 0.236. The quantitative estimate of drug-likeness (QED) is 0.744. The maximum atomic E-state index is 13.1. The summed E-state index contributed by atoms with van der Waals surface area (Å²) >= 11 is 1.63. The number of para-hydroxylation sites is 1. The Morgan fingerprint density at radius 2 is 2.12 bits per heavy atom. The number of carbonyl (C=O) groups is 1. The molecule has 0 saturated carbocycles. The number of aromatic nitrogens is 1. The monoisotopic (exact) mass is 344 g/mol. The molecule has 6 heteroatoms. The van der Waals surface area contributed by atoms with Gasteiger partial charge in [0.2, 0.25) is 0 Å². The number of benzene rings is 2. The number of hydrogen-bond donors (Lipinski definition) is 1. The smallest absolute Gasteiger partial charge is 0.260 e. The van der Waals surface area contributed by atoms with Crippen molar-refractivity contribution in [2.24, 2.45) is 0 Å². The lowest BCUT2D eigenvalue weighted by Crippen LogP contribution is -2.37. The first kappa shape index (κ1) is 16.4. The van der Waals surface area contributed by atoms with Gasteiger partial charge in [-0.2, -0.15) is 0 Å². The number of halogens is 1. The van der Waals surface area contributed by atoms with Gasteiger partial charge in [-0.1, -0.05) is 18.2 Å². The fraction of sp³-hybridized carbons (Fsp3) is 0.222. The van der Waals surface area contributed by atoms with E-state index >= 15 is 0 Å². The van der Waals surface area contributed by atoms with Gasteiger partial charge in [0, 0.05) is 19.0 Å². The fourth-order valence-corrected chi connectivity index (χ4v) is 3.23. The Balaban J connectivity index is 1.49. The summed E-state index contributed by atoms with van der Waals surface area (Å²) in [5.41, 5.74) is 0.978. The van der Waals surface area contributed by atoms with Crippen molar-refractivity contribution in [1.82, 2.24) is 10.3 Å². The number of amides is 1. The second-order valence-corrected chi connectivity index (χ2v) is 6.45. The maximum absolute atomic E-state index is 13.1. The summed E-state index contributed by atoms with van der Waals surface area (Å²) in [6, 6.07) is 13.7. The van der Waals surface area contributed by atoms with Crippen molar-refractivity contribution in [1.29, 1.82) is 0 Å². The Bertz CT molecular complexity index is 817. The van der Waals surface area contributed by atoms with Gasteiger partial charge in [-0.25, -0.2) is 9.37 Å². The normalized spacial score (nSPS) is 12.1. The third-order valence-electron chi connectivity index (χ3n) is 3.45. The topological polar surface area (TPSA) is 51.2 Å². The fourth-order valence-electron chi connectivity index (χ4n) is 2.26. The van der Waals surface area contributed by atoms with Crippen LogP contribution in [0.15, 0.2) is 48.5 Å². The predicted octanol–water partition coefficient (Wildman–Crippen LogP) is 3.56.